The SMILES string of the molecule is CC(=O)NC1CCN(Cc2ccc(C#CCO)cc2)CC1. The number of benzene rings is 1. The van der Waals surface area contributed by atoms with Crippen molar-refractivity contribution >= 4 is 5.91 Å². The van der Waals surface area contributed by atoms with Gasteiger partial charge in [0.15, 0.2) is 0 Å². The second-order valence-electron chi connectivity index (χ2n) is 5.41. The van der Waals surface area contributed by atoms with Gasteiger partial charge in [0.25, 0.3) is 0 Å². The summed E-state index contributed by atoms with van der Waals surface area (Å²) in [7, 11) is 0. The maximum Gasteiger partial charge on any atom is 0.217 e. The van der Waals surface area contributed by atoms with Crippen LogP contribution >= 0.6 is 0 Å². The third-order valence-corrected chi connectivity index (χ3v) is 3.67. The van der Waals surface area contributed by atoms with Crippen LogP contribution in [0.5, 0.6) is 0 Å². The van der Waals surface area contributed by atoms with Gasteiger partial charge in [-0.3, -0.25) is 9.69 Å². The standard InChI is InChI=1S/C17H22N2O2/c1-14(21)18-17-8-10-19(11-9-17)13-16-6-4-15(5-7-16)3-2-12-20/h4-7,17,20H,8-13H2,1H3,(H,18,21). The van der Waals surface area contributed by atoms with E-state index in [0.717, 1.165) is 38.0 Å². The second kappa shape index (κ2) is 7.82. The maximum atomic E-state index is 11.0. The Hall–Kier alpha value is -1.83. The summed E-state index contributed by atoms with van der Waals surface area (Å²) in [5, 5.41) is 11.7. The summed E-state index contributed by atoms with van der Waals surface area (Å²) in [6.07, 6.45) is 2.03. The van der Waals surface area contributed by atoms with E-state index in [4.69, 9.17) is 5.11 Å². The van der Waals surface area contributed by atoms with Gasteiger partial charge in [0.1, 0.15) is 6.61 Å². The first-order valence-electron chi connectivity index (χ1n) is 7.35. The summed E-state index contributed by atoms with van der Waals surface area (Å²) in [6.45, 7) is 4.42. The average Bonchev–Trinajstić information content (AvgIpc) is 2.48. The fraction of sp³-hybridized carbons (Fsp3) is 0.471. The maximum absolute atomic E-state index is 11.0. The number of amides is 1. The number of aliphatic hydroxyl groups excluding tert-OH is 1. The molecule has 21 heavy (non-hydrogen) atoms. The third-order valence-electron chi connectivity index (χ3n) is 3.67. The number of nitrogens with one attached hydrogen (secondary N) is 1. The van der Waals surface area contributed by atoms with Crippen LogP contribution in [-0.2, 0) is 11.3 Å². The molecule has 112 valence electrons. The van der Waals surface area contributed by atoms with Crippen LogP contribution in [0.25, 0.3) is 0 Å². The molecule has 0 unspecified atom stereocenters. The van der Waals surface area contributed by atoms with Crippen molar-refractivity contribution in [3.63, 3.8) is 0 Å². The van der Waals surface area contributed by atoms with E-state index in [-0.39, 0.29) is 12.5 Å². The van der Waals surface area contributed by atoms with Gasteiger partial charge in [-0.15, -0.1) is 0 Å². The van der Waals surface area contributed by atoms with Gasteiger partial charge in [0.2, 0.25) is 5.91 Å². The predicted molar refractivity (Wildman–Crippen MR) is 82.5 cm³/mol. The molecule has 1 heterocycles. The van der Waals surface area contributed by atoms with Gasteiger partial charge in [-0.1, -0.05) is 24.0 Å². The smallest absolute Gasteiger partial charge is 0.217 e. The van der Waals surface area contributed by atoms with Crippen LogP contribution < -0.4 is 5.32 Å². The molecule has 0 radical (unpaired) electrons. The molecule has 4 heteroatoms. The summed E-state index contributed by atoms with van der Waals surface area (Å²) in [6, 6.07) is 8.47. The van der Waals surface area contributed by atoms with Crippen molar-refractivity contribution in [1.29, 1.82) is 0 Å². The summed E-state index contributed by atoms with van der Waals surface area (Å²) in [5.74, 6) is 5.60. The van der Waals surface area contributed by atoms with Crippen molar-refractivity contribution in [3.8, 4) is 11.8 Å². The predicted octanol–water partition coefficient (Wildman–Crippen LogP) is 1.13. The van der Waals surface area contributed by atoms with Crippen LogP contribution in [0.2, 0.25) is 0 Å². The van der Waals surface area contributed by atoms with Gasteiger partial charge < -0.3 is 10.4 Å². The number of aliphatic hydroxyl groups is 1. The van der Waals surface area contributed by atoms with Crippen LogP contribution in [-0.4, -0.2) is 41.7 Å². The Morgan fingerprint density at radius 3 is 2.57 bits per heavy atom. The molecule has 1 aromatic carbocycles. The fourth-order valence-electron chi connectivity index (χ4n) is 2.62. The molecule has 4 nitrogen and oxygen atoms in total. The van der Waals surface area contributed by atoms with E-state index < -0.39 is 0 Å². The number of likely N-dealkylation sites (tertiary alicyclic amines) is 1. The van der Waals surface area contributed by atoms with E-state index in [1.165, 1.54) is 5.56 Å². The monoisotopic (exact) mass is 286 g/mol. The molecule has 0 aliphatic carbocycles. The first-order chi connectivity index (χ1) is 10.2. The largest absolute Gasteiger partial charge is 0.384 e. The van der Waals surface area contributed by atoms with Gasteiger partial charge in [-0.25, -0.2) is 0 Å². The number of piperidine rings is 1. The highest BCUT2D eigenvalue weighted by molar-refractivity contribution is 5.73. The zero-order chi connectivity index (χ0) is 15.1. The van der Waals surface area contributed by atoms with Gasteiger partial charge in [-0.05, 0) is 30.5 Å². The molecule has 1 aliphatic rings. The van der Waals surface area contributed by atoms with E-state index in [9.17, 15) is 4.79 Å². The van der Waals surface area contributed by atoms with E-state index in [2.05, 4.69) is 34.2 Å². The molecule has 0 saturated carbocycles. The summed E-state index contributed by atoms with van der Waals surface area (Å²) < 4.78 is 0. The minimum absolute atomic E-state index is 0.0630. The van der Waals surface area contributed by atoms with Crippen LogP contribution in [0, 0.1) is 11.8 Å². The number of rotatable bonds is 3. The molecule has 2 rings (SSSR count). The van der Waals surface area contributed by atoms with Crippen LogP contribution in [0.4, 0.5) is 0 Å². The molecule has 1 fully saturated rings. The Labute approximate surface area is 126 Å². The van der Waals surface area contributed by atoms with Gasteiger partial charge >= 0.3 is 0 Å². The molecular formula is C17H22N2O2. The van der Waals surface area contributed by atoms with Crippen molar-refractivity contribution in [2.45, 2.75) is 32.4 Å². The lowest BCUT2D eigenvalue weighted by molar-refractivity contribution is -0.119. The molecule has 0 bridgehead atoms. The molecule has 0 aromatic heterocycles. The van der Waals surface area contributed by atoms with Gasteiger partial charge in [0.05, 0.1) is 0 Å². The van der Waals surface area contributed by atoms with Crippen LogP contribution in [0.3, 0.4) is 0 Å². The summed E-state index contributed by atoms with van der Waals surface area (Å²) in [4.78, 5) is 13.4. The quantitative estimate of drug-likeness (QED) is 0.819. The average molecular weight is 286 g/mol. The number of carbonyl (C=O) groups is 1. The van der Waals surface area contributed by atoms with Crippen LogP contribution in [0.15, 0.2) is 24.3 Å². The number of carbonyl (C=O) groups excluding carboxylic acids is 1. The highest BCUT2D eigenvalue weighted by Gasteiger charge is 2.19. The minimum atomic E-state index is -0.106. The Kier molecular flexibility index (Phi) is 5.79. The van der Waals surface area contributed by atoms with Gasteiger partial charge in [-0.2, -0.15) is 0 Å². The lowest BCUT2D eigenvalue weighted by Gasteiger charge is -2.32. The van der Waals surface area contributed by atoms with Crippen LogP contribution in [0.1, 0.15) is 30.9 Å². The van der Waals surface area contributed by atoms with Crippen molar-refractivity contribution in [3.05, 3.63) is 35.4 Å². The molecule has 0 spiro atoms. The molecule has 1 aromatic rings. The third kappa shape index (κ3) is 5.22. The van der Waals surface area contributed by atoms with E-state index in [1.54, 1.807) is 6.92 Å². The zero-order valence-corrected chi connectivity index (χ0v) is 12.4. The van der Waals surface area contributed by atoms with Crippen molar-refractivity contribution in [2.75, 3.05) is 19.7 Å². The Balaban J connectivity index is 1.82. The first kappa shape index (κ1) is 15.6. The number of hydrogen-bond acceptors (Lipinski definition) is 3. The lowest BCUT2D eigenvalue weighted by Crippen LogP contribution is -2.43. The highest BCUT2D eigenvalue weighted by atomic mass is 16.2. The van der Waals surface area contributed by atoms with E-state index in [1.807, 2.05) is 12.1 Å². The fourth-order valence-corrected chi connectivity index (χ4v) is 2.62. The number of nitrogens with zero attached hydrogens (tertiary/aromatic N) is 1. The first-order valence-corrected chi connectivity index (χ1v) is 7.35. The minimum Gasteiger partial charge on any atom is -0.384 e. The zero-order valence-electron chi connectivity index (χ0n) is 12.4. The summed E-state index contributed by atoms with van der Waals surface area (Å²) in [5.41, 5.74) is 2.19. The van der Waals surface area contributed by atoms with Gasteiger partial charge in [0, 0.05) is 38.2 Å². The topological polar surface area (TPSA) is 52.6 Å². The van der Waals surface area contributed by atoms with Crippen molar-refractivity contribution in [2.24, 2.45) is 0 Å². The molecule has 1 amide bonds. The van der Waals surface area contributed by atoms with Crippen molar-refractivity contribution < 1.29 is 9.90 Å². The lowest BCUT2D eigenvalue weighted by atomic mass is 10.0. The normalized spacial score (nSPS) is 16.1. The Bertz CT molecular complexity index is 520. The molecule has 2 N–H and O–H groups in total. The Morgan fingerprint density at radius 1 is 1.33 bits per heavy atom. The Morgan fingerprint density at radius 2 is 2.00 bits per heavy atom. The van der Waals surface area contributed by atoms with Crippen molar-refractivity contribution in [1.82, 2.24) is 10.2 Å². The molecular weight excluding hydrogens is 264 g/mol. The summed E-state index contributed by atoms with van der Waals surface area (Å²) >= 11 is 0. The van der Waals surface area contributed by atoms with E-state index >= 15 is 0 Å². The number of hydrogen-bond donors (Lipinski definition) is 2. The molecule has 0 atom stereocenters. The van der Waals surface area contributed by atoms with E-state index in [0.29, 0.717) is 6.04 Å². The molecule has 1 saturated heterocycles. The highest BCUT2D eigenvalue weighted by Crippen LogP contribution is 2.14. The second-order valence-corrected chi connectivity index (χ2v) is 5.41. The molecule has 1 aliphatic heterocycles.